The molecule has 0 aliphatic carbocycles. The summed E-state index contributed by atoms with van der Waals surface area (Å²) in [6, 6.07) is 11.0. The number of aromatic hydroxyl groups is 1. The van der Waals surface area contributed by atoms with Crippen molar-refractivity contribution < 1.29 is 50.9 Å². The van der Waals surface area contributed by atoms with Gasteiger partial charge in [0.05, 0.1) is 18.2 Å². The number of hydrogen-bond acceptors (Lipinski definition) is 5. The van der Waals surface area contributed by atoms with Gasteiger partial charge in [-0.15, -0.1) is 0 Å². The second kappa shape index (κ2) is 13.2. The summed E-state index contributed by atoms with van der Waals surface area (Å²) < 4.78 is 82.8. The molecule has 1 aliphatic heterocycles. The van der Waals surface area contributed by atoms with Crippen LogP contribution in [0.4, 0.5) is 26.3 Å². The monoisotopic (exact) mass is 637 g/mol. The number of alkyl halides is 5. The number of amides is 3. The van der Waals surface area contributed by atoms with E-state index in [-0.39, 0.29) is 29.4 Å². The van der Waals surface area contributed by atoms with Crippen molar-refractivity contribution in [2.45, 2.75) is 56.6 Å². The Morgan fingerprint density at radius 1 is 1.04 bits per heavy atom. The summed E-state index contributed by atoms with van der Waals surface area (Å²) in [4.78, 5) is 40.1. The summed E-state index contributed by atoms with van der Waals surface area (Å²) >= 11 is 0. The molecule has 4 rings (SSSR count). The molecule has 0 bridgehead atoms. The zero-order valence-electron chi connectivity index (χ0n) is 23.7. The van der Waals surface area contributed by atoms with E-state index in [1.54, 1.807) is 30.3 Å². The molecule has 240 valence electrons. The number of aliphatic hydroxyl groups excluding tert-OH is 1. The molecule has 3 amide bonds. The number of carbonyl (C=O) groups excluding carboxylic acids is 3. The second-order valence-corrected chi connectivity index (χ2v) is 10.7. The lowest BCUT2D eigenvalue weighted by Gasteiger charge is -2.30. The molecule has 1 heterocycles. The molecule has 1 fully saturated rings. The highest BCUT2D eigenvalue weighted by Gasteiger charge is 2.51. The largest absolute Gasteiger partial charge is 0.508 e. The predicted molar refractivity (Wildman–Crippen MR) is 149 cm³/mol. The number of nitrogens with one attached hydrogen (secondary N) is 2. The SMILES string of the molecule is Cc1c(O)cccc1C(=O)NC(Cc1ccccc1)C(O)C(=O)N1CC(F)(F)CC1C(=O)NCc1ccc(F)cc1C(F)(F)F. The molecule has 1 saturated heterocycles. The number of likely N-dealkylation sites (tertiary alicyclic amines) is 1. The fourth-order valence-electron chi connectivity index (χ4n) is 5.12. The molecule has 3 aromatic rings. The molecule has 3 unspecified atom stereocenters. The fourth-order valence-corrected chi connectivity index (χ4v) is 5.12. The minimum absolute atomic E-state index is 0.0247. The third-order valence-corrected chi connectivity index (χ3v) is 7.48. The Balaban J connectivity index is 1.56. The van der Waals surface area contributed by atoms with Crippen molar-refractivity contribution in [3.8, 4) is 5.75 Å². The van der Waals surface area contributed by atoms with Gasteiger partial charge in [-0.1, -0.05) is 42.5 Å². The molecule has 14 heteroatoms. The van der Waals surface area contributed by atoms with Gasteiger partial charge in [-0.3, -0.25) is 14.4 Å². The zero-order chi connectivity index (χ0) is 33.1. The Labute approximate surface area is 253 Å². The summed E-state index contributed by atoms with van der Waals surface area (Å²) in [7, 11) is 0. The normalized spacial score (nSPS) is 17.4. The van der Waals surface area contributed by atoms with E-state index in [1.807, 2.05) is 0 Å². The van der Waals surface area contributed by atoms with Crippen LogP contribution in [-0.2, 0) is 28.7 Å². The molecule has 3 aromatic carbocycles. The molecule has 1 aliphatic rings. The van der Waals surface area contributed by atoms with Gasteiger partial charge >= 0.3 is 6.18 Å². The van der Waals surface area contributed by atoms with Crippen LogP contribution in [0.15, 0.2) is 66.7 Å². The summed E-state index contributed by atoms with van der Waals surface area (Å²) in [5.41, 5.74) is -1.11. The lowest BCUT2D eigenvalue weighted by Crippen LogP contribution is -2.56. The molecule has 0 spiro atoms. The average molecular weight is 638 g/mol. The van der Waals surface area contributed by atoms with Crippen LogP contribution in [0.3, 0.4) is 0 Å². The van der Waals surface area contributed by atoms with Crippen molar-refractivity contribution in [3.63, 3.8) is 0 Å². The Hall–Kier alpha value is -4.59. The lowest BCUT2D eigenvalue weighted by molar-refractivity contribution is -0.147. The number of halogens is 6. The Morgan fingerprint density at radius 3 is 2.40 bits per heavy atom. The van der Waals surface area contributed by atoms with E-state index in [9.17, 15) is 50.9 Å². The number of rotatable bonds is 9. The number of hydrogen-bond donors (Lipinski definition) is 4. The van der Waals surface area contributed by atoms with Gasteiger partial charge in [0.2, 0.25) is 5.91 Å². The zero-order valence-corrected chi connectivity index (χ0v) is 23.7. The van der Waals surface area contributed by atoms with Gasteiger partial charge in [-0.2, -0.15) is 13.2 Å². The maximum Gasteiger partial charge on any atom is 0.416 e. The van der Waals surface area contributed by atoms with Gasteiger partial charge in [0.25, 0.3) is 17.7 Å². The number of phenols is 1. The molecule has 4 N–H and O–H groups in total. The van der Waals surface area contributed by atoms with Gasteiger partial charge in [0.15, 0.2) is 6.10 Å². The van der Waals surface area contributed by atoms with E-state index in [4.69, 9.17) is 0 Å². The quantitative estimate of drug-likeness (QED) is 0.264. The third kappa shape index (κ3) is 7.93. The minimum atomic E-state index is -4.97. The first-order chi connectivity index (χ1) is 21.1. The van der Waals surface area contributed by atoms with E-state index in [2.05, 4.69) is 10.6 Å². The number of benzene rings is 3. The molecule has 45 heavy (non-hydrogen) atoms. The molecular weight excluding hydrogens is 608 g/mol. The second-order valence-electron chi connectivity index (χ2n) is 10.7. The Kier molecular flexibility index (Phi) is 9.76. The standard InChI is InChI=1S/C31H29F6N3O5/c1-17-21(8-5-9-25(17)41)27(43)39-23(12-18-6-3-2-4-7-18)26(42)29(45)40-16-30(33,34)14-24(40)28(44)38-15-19-10-11-20(32)13-22(19)31(35,36)37/h2-11,13,23-24,26,41-42H,12,14-16H2,1H3,(H,38,44)(H,39,43). The maximum absolute atomic E-state index is 14.6. The molecule has 3 atom stereocenters. The van der Waals surface area contributed by atoms with Gasteiger partial charge in [0.1, 0.15) is 17.6 Å². The highest BCUT2D eigenvalue weighted by molar-refractivity contribution is 5.97. The van der Waals surface area contributed by atoms with Crippen molar-refractivity contribution in [1.29, 1.82) is 0 Å². The van der Waals surface area contributed by atoms with Crippen molar-refractivity contribution >= 4 is 17.7 Å². The van der Waals surface area contributed by atoms with E-state index in [0.717, 1.165) is 12.1 Å². The van der Waals surface area contributed by atoms with Crippen LogP contribution < -0.4 is 10.6 Å². The highest BCUT2D eigenvalue weighted by atomic mass is 19.4. The van der Waals surface area contributed by atoms with E-state index in [1.165, 1.54) is 25.1 Å². The molecule has 0 saturated carbocycles. The summed E-state index contributed by atoms with van der Waals surface area (Å²) in [6.45, 7) is -0.614. The number of carbonyl (C=O) groups is 3. The van der Waals surface area contributed by atoms with Gasteiger partial charge in [-0.25, -0.2) is 13.2 Å². The van der Waals surface area contributed by atoms with Crippen LogP contribution in [0.5, 0.6) is 5.75 Å². The first-order valence-electron chi connectivity index (χ1n) is 13.7. The van der Waals surface area contributed by atoms with Crippen molar-refractivity contribution in [3.05, 3.63) is 100 Å². The topological polar surface area (TPSA) is 119 Å². The number of nitrogens with zero attached hydrogens (tertiary/aromatic N) is 1. The smallest absolute Gasteiger partial charge is 0.416 e. The van der Waals surface area contributed by atoms with E-state index < -0.39 is 84.5 Å². The van der Waals surface area contributed by atoms with Crippen molar-refractivity contribution in [2.75, 3.05) is 6.54 Å². The highest BCUT2D eigenvalue weighted by Crippen LogP contribution is 2.34. The number of phenolic OH excluding ortho intramolecular Hbond substituents is 1. The van der Waals surface area contributed by atoms with Crippen LogP contribution in [-0.4, -0.2) is 63.5 Å². The predicted octanol–water partition coefficient (Wildman–Crippen LogP) is 4.11. The van der Waals surface area contributed by atoms with Crippen LogP contribution in [0.2, 0.25) is 0 Å². The van der Waals surface area contributed by atoms with E-state index in [0.29, 0.717) is 10.5 Å². The summed E-state index contributed by atoms with van der Waals surface area (Å²) in [6.07, 6.45) is -8.41. The van der Waals surface area contributed by atoms with Crippen LogP contribution in [0.25, 0.3) is 0 Å². The minimum Gasteiger partial charge on any atom is -0.508 e. The van der Waals surface area contributed by atoms with Crippen LogP contribution in [0, 0.1) is 12.7 Å². The van der Waals surface area contributed by atoms with Gasteiger partial charge in [0, 0.05) is 24.1 Å². The maximum atomic E-state index is 14.6. The van der Waals surface area contributed by atoms with Gasteiger partial charge in [-0.05, 0) is 48.7 Å². The molecular formula is C31H29F6N3O5. The molecule has 0 aromatic heterocycles. The van der Waals surface area contributed by atoms with Crippen molar-refractivity contribution in [2.24, 2.45) is 0 Å². The van der Waals surface area contributed by atoms with Crippen LogP contribution >= 0.6 is 0 Å². The third-order valence-electron chi connectivity index (χ3n) is 7.48. The van der Waals surface area contributed by atoms with Crippen LogP contribution in [0.1, 0.15) is 39.0 Å². The average Bonchev–Trinajstić information content (AvgIpc) is 3.32. The van der Waals surface area contributed by atoms with Gasteiger partial charge < -0.3 is 25.7 Å². The summed E-state index contributed by atoms with van der Waals surface area (Å²) in [5.74, 6) is -8.26. The fraction of sp³-hybridized carbons (Fsp3) is 0.323. The summed E-state index contributed by atoms with van der Waals surface area (Å²) in [5, 5.41) is 25.8. The lowest BCUT2D eigenvalue weighted by atomic mass is 9.98. The first kappa shape index (κ1) is 33.3. The van der Waals surface area contributed by atoms with Crippen molar-refractivity contribution in [1.82, 2.24) is 15.5 Å². The Bertz CT molecular complexity index is 1570. The molecule has 8 nitrogen and oxygen atoms in total. The molecule has 0 radical (unpaired) electrons. The Morgan fingerprint density at radius 2 is 1.73 bits per heavy atom. The number of aliphatic hydroxyl groups is 1. The first-order valence-corrected chi connectivity index (χ1v) is 13.7. The van der Waals surface area contributed by atoms with E-state index >= 15 is 0 Å².